The van der Waals surface area contributed by atoms with Crippen LogP contribution in [0.3, 0.4) is 0 Å². The molecule has 0 heterocycles. The van der Waals surface area contributed by atoms with Crippen LogP contribution in [0.5, 0.6) is 0 Å². The highest BCUT2D eigenvalue weighted by Gasteiger charge is 2.37. The Balaban J connectivity index is 1.19. The van der Waals surface area contributed by atoms with Crippen LogP contribution < -0.4 is 0 Å². The molecule has 274 valence electrons. The zero-order valence-corrected chi connectivity index (χ0v) is 33.3. The topological polar surface area (TPSA) is 0 Å². The molecule has 0 saturated carbocycles. The van der Waals surface area contributed by atoms with Gasteiger partial charge in [0.15, 0.2) is 0 Å². The maximum Gasteiger partial charge on any atom is 0.0327 e. The molecule has 0 bridgehead atoms. The first-order valence-electron chi connectivity index (χ1n) is 20.4. The summed E-state index contributed by atoms with van der Waals surface area (Å²) in [6.07, 6.45) is 0. The van der Waals surface area contributed by atoms with Gasteiger partial charge in [0, 0.05) is 22.0 Å². The monoisotopic (exact) mass is 738 g/mol. The zero-order chi connectivity index (χ0) is 39.2. The molecule has 0 heteroatoms. The molecule has 0 aromatic heterocycles. The smallest absolute Gasteiger partial charge is 0.0327 e. The van der Waals surface area contributed by atoms with Crippen LogP contribution in [-0.2, 0) is 10.8 Å². The summed E-state index contributed by atoms with van der Waals surface area (Å²) in [5.74, 6) is 6.95. The largest absolute Gasteiger partial charge is 0.0622 e. The quantitative estimate of drug-likeness (QED) is 0.125. The van der Waals surface area contributed by atoms with Gasteiger partial charge in [-0.1, -0.05) is 185 Å². The third kappa shape index (κ3) is 5.10. The Kier molecular flexibility index (Phi) is 7.57. The van der Waals surface area contributed by atoms with E-state index in [2.05, 4.69) is 203 Å². The van der Waals surface area contributed by atoms with Crippen molar-refractivity contribution in [2.45, 2.75) is 38.5 Å². The summed E-state index contributed by atoms with van der Waals surface area (Å²) in [6, 6.07) is 67.3. The molecular weight excluding hydrogens is 697 g/mol. The molecule has 11 rings (SSSR count). The van der Waals surface area contributed by atoms with E-state index >= 15 is 0 Å². The standard InChI is InChI=1S/C58H42/c1-57(2)51-24-14-12-20-43(51)45-31-29-40(35-53(45)57)55-47-22-10-11-23-48(47)56(41-30-32-46-44-21-13-15-25-52(44)58(3,4)54(46)36-41)50-34-39(28-33-49(50)55)42-19-9-8-18-38(42)27-26-37-16-6-5-7-17-37/h5-25,28-36H,1-4H3. The maximum absolute atomic E-state index is 3.52. The molecule has 0 unspecified atom stereocenters. The van der Waals surface area contributed by atoms with Crippen molar-refractivity contribution in [3.63, 3.8) is 0 Å². The lowest BCUT2D eigenvalue weighted by molar-refractivity contribution is 0.660. The van der Waals surface area contributed by atoms with Gasteiger partial charge in [-0.3, -0.25) is 0 Å². The summed E-state index contributed by atoms with van der Waals surface area (Å²) in [4.78, 5) is 0. The van der Waals surface area contributed by atoms with E-state index in [4.69, 9.17) is 0 Å². The van der Waals surface area contributed by atoms with Crippen LogP contribution in [0.25, 0.3) is 77.2 Å². The molecule has 0 spiro atoms. The zero-order valence-electron chi connectivity index (χ0n) is 33.3. The molecule has 9 aromatic carbocycles. The molecule has 0 nitrogen and oxygen atoms in total. The second-order valence-corrected chi connectivity index (χ2v) is 17.1. The predicted molar refractivity (Wildman–Crippen MR) is 245 cm³/mol. The molecule has 0 fully saturated rings. The Labute approximate surface area is 341 Å². The molecule has 2 aliphatic carbocycles. The number of hydrogen-bond acceptors (Lipinski definition) is 0. The highest BCUT2D eigenvalue weighted by Crippen LogP contribution is 2.53. The minimum absolute atomic E-state index is 0.0973. The van der Waals surface area contributed by atoms with Crippen molar-refractivity contribution in [1.82, 2.24) is 0 Å². The first-order valence-corrected chi connectivity index (χ1v) is 20.4. The molecule has 0 atom stereocenters. The van der Waals surface area contributed by atoms with Gasteiger partial charge in [-0.25, -0.2) is 0 Å². The van der Waals surface area contributed by atoms with Crippen molar-refractivity contribution in [3.8, 4) is 67.5 Å². The fourth-order valence-corrected chi connectivity index (χ4v) is 10.2. The minimum Gasteiger partial charge on any atom is -0.0622 e. The Bertz CT molecular complexity index is 3220. The Morgan fingerprint density at radius 1 is 0.310 bits per heavy atom. The normalized spacial score (nSPS) is 14.0. The third-order valence-corrected chi connectivity index (χ3v) is 13.1. The summed E-state index contributed by atoms with van der Waals surface area (Å²) in [6.45, 7) is 9.50. The van der Waals surface area contributed by atoms with Crippen molar-refractivity contribution in [3.05, 3.63) is 215 Å². The Morgan fingerprint density at radius 3 is 1.36 bits per heavy atom. The van der Waals surface area contributed by atoms with Crippen LogP contribution in [0.4, 0.5) is 0 Å². The predicted octanol–water partition coefficient (Wildman–Crippen LogP) is 15.0. The molecule has 0 saturated heterocycles. The molecular formula is C58H42. The fourth-order valence-electron chi connectivity index (χ4n) is 10.2. The molecule has 58 heavy (non-hydrogen) atoms. The van der Waals surface area contributed by atoms with Crippen LogP contribution >= 0.6 is 0 Å². The fraction of sp³-hybridized carbons (Fsp3) is 0.103. The Morgan fingerprint density at radius 2 is 0.759 bits per heavy atom. The molecule has 0 radical (unpaired) electrons. The molecule has 0 aliphatic heterocycles. The lowest BCUT2D eigenvalue weighted by Crippen LogP contribution is -2.15. The van der Waals surface area contributed by atoms with E-state index in [1.165, 1.54) is 88.3 Å². The lowest BCUT2D eigenvalue weighted by atomic mass is 9.79. The van der Waals surface area contributed by atoms with Gasteiger partial charge in [-0.05, 0) is 136 Å². The third-order valence-electron chi connectivity index (χ3n) is 13.1. The summed E-state index contributed by atoms with van der Waals surface area (Å²) in [5.41, 5.74) is 20.1. The van der Waals surface area contributed by atoms with Gasteiger partial charge in [-0.2, -0.15) is 0 Å². The van der Waals surface area contributed by atoms with Crippen LogP contribution in [0.1, 0.15) is 61.1 Å². The Hall–Kier alpha value is -6.94. The van der Waals surface area contributed by atoms with Gasteiger partial charge in [0.05, 0.1) is 0 Å². The average molecular weight is 739 g/mol. The van der Waals surface area contributed by atoms with E-state index in [-0.39, 0.29) is 10.8 Å². The van der Waals surface area contributed by atoms with E-state index in [0.29, 0.717) is 0 Å². The summed E-state index contributed by atoms with van der Waals surface area (Å²) < 4.78 is 0. The van der Waals surface area contributed by atoms with Crippen molar-refractivity contribution in [2.24, 2.45) is 0 Å². The second kappa shape index (κ2) is 12.8. The number of hydrogen-bond donors (Lipinski definition) is 0. The highest BCUT2D eigenvalue weighted by atomic mass is 14.4. The second-order valence-electron chi connectivity index (χ2n) is 17.1. The van der Waals surface area contributed by atoms with Crippen LogP contribution in [0.2, 0.25) is 0 Å². The van der Waals surface area contributed by atoms with Gasteiger partial charge in [-0.15, -0.1) is 0 Å². The lowest BCUT2D eigenvalue weighted by Gasteiger charge is -2.24. The van der Waals surface area contributed by atoms with Crippen molar-refractivity contribution < 1.29 is 0 Å². The van der Waals surface area contributed by atoms with E-state index in [1.54, 1.807) is 0 Å². The first kappa shape index (κ1) is 34.3. The summed E-state index contributed by atoms with van der Waals surface area (Å²) >= 11 is 0. The first-order chi connectivity index (χ1) is 28.3. The number of fused-ring (bicyclic) bond motifs is 8. The van der Waals surface area contributed by atoms with E-state index < -0.39 is 0 Å². The van der Waals surface area contributed by atoms with Gasteiger partial charge in [0.1, 0.15) is 0 Å². The van der Waals surface area contributed by atoms with E-state index in [9.17, 15) is 0 Å². The maximum atomic E-state index is 3.52. The van der Waals surface area contributed by atoms with Gasteiger partial charge in [0.2, 0.25) is 0 Å². The van der Waals surface area contributed by atoms with Crippen molar-refractivity contribution in [2.75, 3.05) is 0 Å². The summed E-state index contributed by atoms with van der Waals surface area (Å²) in [7, 11) is 0. The molecule has 9 aromatic rings. The van der Waals surface area contributed by atoms with Crippen LogP contribution in [0, 0.1) is 11.8 Å². The SMILES string of the molecule is CC1(C)c2ccccc2-c2ccc(-c3c4ccccc4c(-c4ccc5c(c4)C(C)(C)c4ccccc4-5)c4cc(-c5ccccc5C#Cc5ccccc5)ccc34)cc21. The average Bonchev–Trinajstić information content (AvgIpc) is 3.64. The molecule has 0 N–H and O–H groups in total. The van der Waals surface area contributed by atoms with E-state index in [0.717, 1.165) is 22.3 Å². The van der Waals surface area contributed by atoms with Crippen molar-refractivity contribution in [1.29, 1.82) is 0 Å². The van der Waals surface area contributed by atoms with Gasteiger partial charge in [0.25, 0.3) is 0 Å². The number of rotatable bonds is 3. The highest BCUT2D eigenvalue weighted by molar-refractivity contribution is 6.22. The van der Waals surface area contributed by atoms with E-state index in [1.807, 2.05) is 18.2 Å². The summed E-state index contributed by atoms with van der Waals surface area (Å²) in [5, 5.41) is 5.02. The van der Waals surface area contributed by atoms with Crippen LogP contribution in [0.15, 0.2) is 182 Å². The van der Waals surface area contributed by atoms with Gasteiger partial charge >= 0.3 is 0 Å². The minimum atomic E-state index is -0.107. The molecule has 2 aliphatic rings. The molecule has 0 amide bonds. The van der Waals surface area contributed by atoms with Crippen molar-refractivity contribution >= 4 is 21.5 Å². The van der Waals surface area contributed by atoms with Crippen LogP contribution in [-0.4, -0.2) is 0 Å². The van der Waals surface area contributed by atoms with Gasteiger partial charge < -0.3 is 0 Å². The number of benzene rings is 9.